The maximum absolute atomic E-state index is 9.80. The summed E-state index contributed by atoms with van der Waals surface area (Å²) in [7, 11) is 0. The molecule has 1 aliphatic carbocycles. The molecule has 0 aromatic heterocycles. The van der Waals surface area contributed by atoms with Crippen molar-refractivity contribution in [2.45, 2.75) is 25.0 Å². The topological polar surface area (TPSA) is 41.5 Å². The first-order valence-corrected chi connectivity index (χ1v) is 8.13. The molecule has 0 amide bonds. The van der Waals surface area contributed by atoms with Crippen LogP contribution < -0.4 is 10.1 Å². The van der Waals surface area contributed by atoms with Crippen molar-refractivity contribution in [3.8, 4) is 5.75 Å². The molecule has 2 N–H and O–H groups in total. The van der Waals surface area contributed by atoms with Crippen LogP contribution in [0.5, 0.6) is 5.75 Å². The number of benzene rings is 1. The molecule has 100 valence electrons. The van der Waals surface area contributed by atoms with E-state index in [0.29, 0.717) is 18.3 Å². The van der Waals surface area contributed by atoms with E-state index in [1.165, 1.54) is 12.8 Å². The zero-order valence-electron chi connectivity index (χ0n) is 9.63. The highest BCUT2D eigenvalue weighted by Crippen LogP contribution is 2.36. The fraction of sp³-hybridized carbons (Fsp3) is 0.500. The normalized spacial score (nSPS) is 16.7. The quantitative estimate of drug-likeness (QED) is 0.707. The molecule has 1 aliphatic rings. The minimum absolute atomic E-state index is 0.276. The van der Waals surface area contributed by atoms with E-state index in [9.17, 15) is 5.11 Å². The van der Waals surface area contributed by atoms with Gasteiger partial charge in [0.05, 0.1) is 8.95 Å². The van der Waals surface area contributed by atoms with Crippen molar-refractivity contribution in [3.63, 3.8) is 0 Å². The van der Waals surface area contributed by atoms with Crippen LogP contribution in [0.1, 0.15) is 12.8 Å². The van der Waals surface area contributed by atoms with Crippen LogP contribution in [0.2, 0.25) is 0 Å². The molecule has 1 saturated carbocycles. The molecule has 6 heteroatoms. The van der Waals surface area contributed by atoms with Crippen LogP contribution in [0.15, 0.2) is 25.6 Å². The predicted octanol–water partition coefficient (Wildman–Crippen LogP) is 3.47. The van der Waals surface area contributed by atoms with Gasteiger partial charge in [0.25, 0.3) is 0 Å². The van der Waals surface area contributed by atoms with Gasteiger partial charge in [-0.05, 0) is 56.8 Å². The third kappa shape index (κ3) is 4.49. The first-order valence-electron chi connectivity index (χ1n) is 5.75. The minimum atomic E-state index is -0.493. The standard InChI is InChI=1S/C12H14Br3NO2/c13-7-3-10(14)12(11(15)4-7)18-6-9(17)5-16-8-1-2-8/h3-4,8-9,16-17H,1-2,5-6H2. The monoisotopic (exact) mass is 441 g/mol. The van der Waals surface area contributed by atoms with E-state index >= 15 is 0 Å². The molecular weight excluding hydrogens is 430 g/mol. The van der Waals surface area contributed by atoms with E-state index in [1.807, 2.05) is 12.1 Å². The molecule has 0 bridgehead atoms. The van der Waals surface area contributed by atoms with Crippen molar-refractivity contribution in [2.75, 3.05) is 13.2 Å². The van der Waals surface area contributed by atoms with E-state index in [-0.39, 0.29) is 6.61 Å². The van der Waals surface area contributed by atoms with Crippen LogP contribution in [0.25, 0.3) is 0 Å². The van der Waals surface area contributed by atoms with E-state index in [4.69, 9.17) is 4.74 Å². The summed E-state index contributed by atoms with van der Waals surface area (Å²) in [4.78, 5) is 0. The average Bonchev–Trinajstić information content (AvgIpc) is 3.08. The van der Waals surface area contributed by atoms with Crippen molar-refractivity contribution < 1.29 is 9.84 Å². The number of hydrogen-bond donors (Lipinski definition) is 2. The SMILES string of the molecule is OC(CNC1CC1)COc1c(Br)cc(Br)cc1Br. The summed E-state index contributed by atoms with van der Waals surface area (Å²) < 4.78 is 8.30. The van der Waals surface area contributed by atoms with Gasteiger partial charge in [-0.1, -0.05) is 15.9 Å². The Hall–Kier alpha value is 0.380. The predicted molar refractivity (Wildman–Crippen MR) is 82.1 cm³/mol. The molecule has 1 aromatic rings. The Labute approximate surface area is 132 Å². The molecule has 0 spiro atoms. The lowest BCUT2D eigenvalue weighted by Crippen LogP contribution is -2.32. The highest BCUT2D eigenvalue weighted by atomic mass is 79.9. The van der Waals surface area contributed by atoms with Crippen LogP contribution in [-0.2, 0) is 0 Å². The Morgan fingerprint density at radius 2 is 1.89 bits per heavy atom. The number of halogens is 3. The number of ether oxygens (including phenoxy) is 1. The van der Waals surface area contributed by atoms with Crippen LogP contribution in [0, 0.1) is 0 Å². The summed E-state index contributed by atoms with van der Waals surface area (Å²) in [5, 5.41) is 13.1. The second-order valence-electron chi connectivity index (χ2n) is 4.35. The number of hydrogen-bond acceptors (Lipinski definition) is 3. The van der Waals surface area contributed by atoms with Crippen molar-refractivity contribution >= 4 is 47.8 Å². The number of aliphatic hydroxyl groups excluding tert-OH is 1. The highest BCUT2D eigenvalue weighted by Gasteiger charge is 2.21. The van der Waals surface area contributed by atoms with Gasteiger partial charge in [-0.25, -0.2) is 0 Å². The second-order valence-corrected chi connectivity index (χ2v) is 6.97. The summed E-state index contributed by atoms with van der Waals surface area (Å²) in [5.41, 5.74) is 0. The molecule has 0 heterocycles. The molecular formula is C12H14Br3NO2. The first kappa shape index (κ1) is 14.8. The summed E-state index contributed by atoms with van der Waals surface area (Å²) in [6.45, 7) is 0.856. The van der Waals surface area contributed by atoms with Gasteiger partial charge in [0.1, 0.15) is 18.5 Å². The first-order chi connectivity index (χ1) is 8.56. The molecule has 18 heavy (non-hydrogen) atoms. The van der Waals surface area contributed by atoms with Crippen LogP contribution >= 0.6 is 47.8 Å². The summed E-state index contributed by atoms with van der Waals surface area (Å²) in [5.74, 6) is 0.712. The molecule has 2 rings (SSSR count). The minimum Gasteiger partial charge on any atom is -0.488 e. The Morgan fingerprint density at radius 1 is 1.28 bits per heavy atom. The van der Waals surface area contributed by atoms with Gasteiger partial charge in [-0.3, -0.25) is 0 Å². The smallest absolute Gasteiger partial charge is 0.147 e. The van der Waals surface area contributed by atoms with Crippen molar-refractivity contribution in [1.29, 1.82) is 0 Å². The maximum Gasteiger partial charge on any atom is 0.147 e. The van der Waals surface area contributed by atoms with Crippen molar-refractivity contribution in [2.24, 2.45) is 0 Å². The van der Waals surface area contributed by atoms with Crippen LogP contribution in [0.4, 0.5) is 0 Å². The zero-order chi connectivity index (χ0) is 13.1. The largest absolute Gasteiger partial charge is 0.488 e. The summed E-state index contributed by atoms with van der Waals surface area (Å²) in [6, 6.07) is 4.43. The van der Waals surface area contributed by atoms with E-state index < -0.39 is 6.10 Å². The summed E-state index contributed by atoms with van der Waals surface area (Å²) in [6.07, 6.45) is 1.95. The molecule has 3 nitrogen and oxygen atoms in total. The third-order valence-corrected chi connectivity index (χ3v) is 4.24. The Morgan fingerprint density at radius 3 is 2.44 bits per heavy atom. The zero-order valence-corrected chi connectivity index (χ0v) is 14.4. The molecule has 1 atom stereocenters. The fourth-order valence-electron chi connectivity index (χ4n) is 1.50. The lowest BCUT2D eigenvalue weighted by molar-refractivity contribution is 0.105. The highest BCUT2D eigenvalue weighted by molar-refractivity contribution is 9.11. The van der Waals surface area contributed by atoms with E-state index in [2.05, 4.69) is 53.1 Å². The fourth-order valence-corrected chi connectivity index (χ4v) is 3.98. The Balaban J connectivity index is 1.84. The molecule has 1 unspecified atom stereocenters. The van der Waals surface area contributed by atoms with Gasteiger partial charge >= 0.3 is 0 Å². The van der Waals surface area contributed by atoms with Gasteiger partial charge in [-0.15, -0.1) is 0 Å². The lowest BCUT2D eigenvalue weighted by atomic mass is 10.3. The van der Waals surface area contributed by atoms with Gasteiger partial charge in [0.15, 0.2) is 0 Å². The Bertz CT molecular complexity index is 401. The average molecular weight is 444 g/mol. The third-order valence-electron chi connectivity index (χ3n) is 2.60. The molecule has 0 aliphatic heterocycles. The van der Waals surface area contributed by atoms with Gasteiger partial charge < -0.3 is 15.2 Å². The lowest BCUT2D eigenvalue weighted by Gasteiger charge is -2.15. The molecule has 0 radical (unpaired) electrons. The van der Waals surface area contributed by atoms with Crippen LogP contribution in [-0.4, -0.2) is 30.4 Å². The molecule has 0 saturated heterocycles. The molecule has 1 fully saturated rings. The summed E-state index contributed by atoms with van der Waals surface area (Å²) >= 11 is 10.3. The Kier molecular flexibility index (Phi) is 5.50. The van der Waals surface area contributed by atoms with Gasteiger partial charge in [0, 0.05) is 17.1 Å². The molecule has 1 aromatic carbocycles. The van der Waals surface area contributed by atoms with Crippen LogP contribution in [0.3, 0.4) is 0 Å². The van der Waals surface area contributed by atoms with E-state index in [0.717, 1.165) is 13.4 Å². The van der Waals surface area contributed by atoms with Gasteiger partial charge in [0.2, 0.25) is 0 Å². The van der Waals surface area contributed by atoms with E-state index in [1.54, 1.807) is 0 Å². The second kappa shape index (κ2) is 6.70. The number of aliphatic hydroxyl groups is 1. The van der Waals surface area contributed by atoms with Gasteiger partial charge in [-0.2, -0.15) is 0 Å². The van der Waals surface area contributed by atoms with Crippen molar-refractivity contribution in [1.82, 2.24) is 5.32 Å². The van der Waals surface area contributed by atoms with Crippen molar-refractivity contribution in [3.05, 3.63) is 25.6 Å². The number of rotatable bonds is 6. The maximum atomic E-state index is 9.80. The number of nitrogens with one attached hydrogen (secondary N) is 1.